The molecule has 3 aliphatic rings. The van der Waals surface area contributed by atoms with Gasteiger partial charge in [-0.25, -0.2) is 4.79 Å². The lowest BCUT2D eigenvalue weighted by molar-refractivity contribution is 0.0499. The first kappa shape index (κ1) is 17.7. The second-order valence-electron chi connectivity index (χ2n) is 8.90. The molecule has 1 aliphatic heterocycles. The van der Waals surface area contributed by atoms with Gasteiger partial charge in [-0.1, -0.05) is 6.08 Å². The summed E-state index contributed by atoms with van der Waals surface area (Å²) in [6.45, 7) is 12.9. The number of hydrogen-bond acceptors (Lipinski definition) is 4. The molecule has 136 valence electrons. The molecule has 3 rings (SSSR count). The van der Waals surface area contributed by atoms with Crippen molar-refractivity contribution in [1.82, 2.24) is 15.5 Å². The highest BCUT2D eigenvalue weighted by Gasteiger charge is 2.62. The molecule has 1 spiro atoms. The summed E-state index contributed by atoms with van der Waals surface area (Å²) in [5.74, 6) is 0. The number of amides is 1. The smallest absolute Gasteiger partial charge is 0.407 e. The van der Waals surface area contributed by atoms with Crippen LogP contribution in [0.5, 0.6) is 0 Å². The van der Waals surface area contributed by atoms with E-state index in [-0.39, 0.29) is 6.09 Å². The first-order valence-corrected chi connectivity index (χ1v) is 9.38. The zero-order valence-electron chi connectivity index (χ0n) is 15.4. The Bertz CT molecular complexity index is 471. The summed E-state index contributed by atoms with van der Waals surface area (Å²) in [6.07, 6.45) is 7.70. The third kappa shape index (κ3) is 4.31. The standard InChI is InChI=1S/C19H33N3O2/c1-5-8-22-9-6-14(7-10-22)20-15-11-19(12-15)13-16(19)21-17(23)24-18(2,3)4/h5,14-16,20H,1,6-13H2,2-4H3,(H,21,23). The Morgan fingerprint density at radius 3 is 2.50 bits per heavy atom. The molecule has 0 bridgehead atoms. The Labute approximate surface area is 146 Å². The molecular weight excluding hydrogens is 302 g/mol. The van der Waals surface area contributed by atoms with Gasteiger partial charge < -0.3 is 15.4 Å². The van der Waals surface area contributed by atoms with E-state index in [1.54, 1.807) is 0 Å². The number of rotatable bonds is 5. The average Bonchev–Trinajstić information content (AvgIpc) is 3.12. The highest BCUT2D eigenvalue weighted by Crippen LogP contribution is 2.60. The second-order valence-corrected chi connectivity index (χ2v) is 8.90. The fraction of sp³-hybridized carbons (Fsp3) is 0.842. The van der Waals surface area contributed by atoms with Crippen molar-refractivity contribution in [3.8, 4) is 0 Å². The summed E-state index contributed by atoms with van der Waals surface area (Å²) in [7, 11) is 0. The number of alkyl carbamates (subject to hydrolysis) is 1. The molecule has 3 fully saturated rings. The average molecular weight is 335 g/mol. The Morgan fingerprint density at radius 1 is 1.25 bits per heavy atom. The number of likely N-dealkylation sites (tertiary alicyclic amines) is 1. The minimum atomic E-state index is -0.420. The van der Waals surface area contributed by atoms with Crippen molar-refractivity contribution in [2.45, 2.75) is 76.6 Å². The molecule has 5 nitrogen and oxygen atoms in total. The maximum absolute atomic E-state index is 11.9. The number of ether oxygens (including phenoxy) is 1. The van der Waals surface area contributed by atoms with Crippen molar-refractivity contribution in [2.75, 3.05) is 19.6 Å². The van der Waals surface area contributed by atoms with Gasteiger partial charge in [0, 0.05) is 24.7 Å². The lowest BCUT2D eigenvalue weighted by Crippen LogP contribution is -2.52. The van der Waals surface area contributed by atoms with Gasteiger partial charge in [-0.05, 0) is 71.4 Å². The van der Waals surface area contributed by atoms with Crippen LogP contribution in [0.1, 0.15) is 52.9 Å². The van der Waals surface area contributed by atoms with Gasteiger partial charge in [-0.3, -0.25) is 4.90 Å². The molecular formula is C19H33N3O2. The molecule has 2 N–H and O–H groups in total. The van der Waals surface area contributed by atoms with Crippen LogP contribution in [0.4, 0.5) is 4.79 Å². The quantitative estimate of drug-likeness (QED) is 0.759. The Kier molecular flexibility index (Phi) is 4.94. The van der Waals surface area contributed by atoms with E-state index in [1.807, 2.05) is 26.8 Å². The molecule has 0 aromatic carbocycles. The first-order valence-electron chi connectivity index (χ1n) is 9.38. The zero-order chi connectivity index (χ0) is 17.4. The van der Waals surface area contributed by atoms with Crippen LogP contribution in [0.3, 0.4) is 0 Å². The predicted molar refractivity (Wildman–Crippen MR) is 96.0 cm³/mol. The molecule has 1 saturated heterocycles. The predicted octanol–water partition coefficient (Wildman–Crippen LogP) is 2.67. The summed E-state index contributed by atoms with van der Waals surface area (Å²) in [4.78, 5) is 14.3. The van der Waals surface area contributed by atoms with Crippen molar-refractivity contribution in [3.05, 3.63) is 12.7 Å². The first-order chi connectivity index (χ1) is 11.3. The van der Waals surface area contributed by atoms with Crippen LogP contribution in [0.25, 0.3) is 0 Å². The number of nitrogens with zero attached hydrogens (tertiary/aromatic N) is 1. The maximum Gasteiger partial charge on any atom is 0.407 e. The van der Waals surface area contributed by atoms with E-state index in [0.717, 1.165) is 13.0 Å². The summed E-state index contributed by atoms with van der Waals surface area (Å²) in [5, 5.41) is 6.87. The number of carbonyl (C=O) groups excluding carboxylic acids is 1. The van der Waals surface area contributed by atoms with Crippen LogP contribution in [0, 0.1) is 5.41 Å². The van der Waals surface area contributed by atoms with E-state index in [9.17, 15) is 4.79 Å². The molecule has 5 heteroatoms. The molecule has 1 unspecified atom stereocenters. The highest BCUT2D eigenvalue weighted by atomic mass is 16.6. The Hall–Kier alpha value is -1.07. The fourth-order valence-corrected chi connectivity index (χ4v) is 4.29. The molecule has 2 saturated carbocycles. The van der Waals surface area contributed by atoms with Crippen LogP contribution in [0.2, 0.25) is 0 Å². The van der Waals surface area contributed by atoms with Gasteiger partial charge in [0.25, 0.3) is 0 Å². The minimum absolute atomic E-state index is 0.268. The summed E-state index contributed by atoms with van der Waals surface area (Å²) in [5.41, 5.74) is -0.0611. The maximum atomic E-state index is 11.9. The van der Waals surface area contributed by atoms with Crippen molar-refractivity contribution in [1.29, 1.82) is 0 Å². The van der Waals surface area contributed by atoms with Crippen LogP contribution < -0.4 is 10.6 Å². The van der Waals surface area contributed by atoms with Crippen LogP contribution >= 0.6 is 0 Å². The summed E-state index contributed by atoms with van der Waals surface area (Å²) >= 11 is 0. The molecule has 0 aromatic heterocycles. The minimum Gasteiger partial charge on any atom is -0.444 e. The van der Waals surface area contributed by atoms with Crippen molar-refractivity contribution < 1.29 is 9.53 Å². The van der Waals surface area contributed by atoms with Crippen LogP contribution in [-0.2, 0) is 4.74 Å². The SMILES string of the molecule is C=CCN1CCC(NC2CC3(C2)CC3NC(=O)OC(C)(C)C)CC1. The third-order valence-electron chi connectivity index (χ3n) is 5.63. The number of nitrogens with one attached hydrogen (secondary N) is 2. The van der Waals surface area contributed by atoms with Gasteiger partial charge in [-0.15, -0.1) is 6.58 Å². The lowest BCUT2D eigenvalue weighted by atomic mass is 9.75. The van der Waals surface area contributed by atoms with E-state index in [1.165, 1.54) is 38.8 Å². The van der Waals surface area contributed by atoms with Gasteiger partial charge in [0.15, 0.2) is 0 Å². The summed E-state index contributed by atoms with van der Waals surface area (Å²) < 4.78 is 5.35. The van der Waals surface area contributed by atoms with E-state index in [2.05, 4.69) is 22.1 Å². The highest BCUT2D eigenvalue weighted by molar-refractivity contribution is 5.69. The Balaban J connectivity index is 1.32. The molecule has 24 heavy (non-hydrogen) atoms. The molecule has 0 aromatic rings. The fourth-order valence-electron chi connectivity index (χ4n) is 4.29. The topological polar surface area (TPSA) is 53.6 Å². The van der Waals surface area contributed by atoms with Gasteiger partial charge in [0.1, 0.15) is 5.60 Å². The lowest BCUT2D eigenvalue weighted by Gasteiger charge is -2.42. The largest absolute Gasteiger partial charge is 0.444 e. The van der Waals surface area contributed by atoms with Gasteiger partial charge >= 0.3 is 6.09 Å². The molecule has 0 radical (unpaired) electrons. The van der Waals surface area contributed by atoms with Crippen molar-refractivity contribution in [2.24, 2.45) is 5.41 Å². The molecule has 1 heterocycles. The third-order valence-corrected chi connectivity index (χ3v) is 5.63. The van der Waals surface area contributed by atoms with Crippen LogP contribution in [0.15, 0.2) is 12.7 Å². The monoisotopic (exact) mass is 335 g/mol. The van der Waals surface area contributed by atoms with Crippen LogP contribution in [-0.4, -0.2) is 54.4 Å². The second kappa shape index (κ2) is 6.68. The van der Waals surface area contributed by atoms with Gasteiger partial charge in [0.2, 0.25) is 0 Å². The van der Waals surface area contributed by atoms with Gasteiger partial charge in [0.05, 0.1) is 0 Å². The normalized spacial score (nSPS) is 33.8. The number of carbonyl (C=O) groups is 1. The van der Waals surface area contributed by atoms with E-state index < -0.39 is 5.60 Å². The van der Waals surface area contributed by atoms with E-state index in [0.29, 0.717) is 23.5 Å². The number of piperidine rings is 1. The molecule has 1 amide bonds. The molecule has 2 aliphatic carbocycles. The van der Waals surface area contributed by atoms with E-state index in [4.69, 9.17) is 4.74 Å². The van der Waals surface area contributed by atoms with Crippen molar-refractivity contribution in [3.63, 3.8) is 0 Å². The zero-order valence-corrected chi connectivity index (χ0v) is 15.4. The Morgan fingerprint density at radius 2 is 1.92 bits per heavy atom. The summed E-state index contributed by atoms with van der Waals surface area (Å²) in [6, 6.07) is 1.61. The van der Waals surface area contributed by atoms with E-state index >= 15 is 0 Å². The van der Waals surface area contributed by atoms with Gasteiger partial charge in [-0.2, -0.15) is 0 Å². The molecule has 1 atom stereocenters. The number of hydrogen-bond donors (Lipinski definition) is 2. The van der Waals surface area contributed by atoms with Crippen molar-refractivity contribution >= 4 is 6.09 Å².